The molecule has 29 heavy (non-hydrogen) atoms. The van der Waals surface area contributed by atoms with Crippen molar-refractivity contribution in [2.75, 3.05) is 0 Å². The molecule has 1 aliphatic heterocycles. The molecule has 1 aliphatic carbocycles. The Labute approximate surface area is 169 Å². The molecule has 0 radical (unpaired) electrons. The number of carbonyl (C=O) groups excluding carboxylic acids is 3. The van der Waals surface area contributed by atoms with Crippen LogP contribution in [0.15, 0.2) is 24.3 Å². The fourth-order valence-electron chi connectivity index (χ4n) is 3.29. The molecule has 1 saturated heterocycles. The molecule has 2 aliphatic rings. The van der Waals surface area contributed by atoms with Crippen molar-refractivity contribution in [1.82, 2.24) is 0 Å². The van der Waals surface area contributed by atoms with Crippen LogP contribution in [0.4, 0.5) is 0 Å². The zero-order valence-electron chi connectivity index (χ0n) is 16.6. The van der Waals surface area contributed by atoms with Gasteiger partial charge in [0.25, 0.3) is 0 Å². The molecular formula is C22H24O7. The highest BCUT2D eigenvalue weighted by molar-refractivity contribution is 5.92. The van der Waals surface area contributed by atoms with Gasteiger partial charge in [-0.25, -0.2) is 4.79 Å². The minimum Gasteiger partial charge on any atom is -0.459 e. The molecule has 154 valence electrons. The first-order valence-corrected chi connectivity index (χ1v) is 9.59. The fraction of sp³-hybridized carbons (Fsp3) is 0.500. The Balaban J connectivity index is 1.77. The van der Waals surface area contributed by atoms with Crippen LogP contribution in [0.25, 0.3) is 0 Å². The Morgan fingerprint density at radius 1 is 1.17 bits per heavy atom. The van der Waals surface area contributed by atoms with E-state index in [1.165, 1.54) is 20.8 Å². The van der Waals surface area contributed by atoms with E-state index in [1.807, 2.05) is 0 Å². The second kappa shape index (κ2) is 8.36. The lowest BCUT2D eigenvalue weighted by Crippen LogP contribution is -2.63. The van der Waals surface area contributed by atoms with Crippen LogP contribution in [-0.2, 0) is 23.8 Å². The number of Topliss-reactive ketones (excluding diaryl/α,β-unsaturated/α-hetero) is 1. The minimum absolute atomic E-state index is 0.165. The Hall–Kier alpha value is -2.69. The van der Waals surface area contributed by atoms with Gasteiger partial charge in [0.1, 0.15) is 6.10 Å². The predicted molar refractivity (Wildman–Crippen MR) is 102 cm³/mol. The van der Waals surface area contributed by atoms with Crippen LogP contribution in [0, 0.1) is 17.8 Å². The normalized spacial score (nSPS) is 28.6. The van der Waals surface area contributed by atoms with Gasteiger partial charge in [0, 0.05) is 18.4 Å². The Morgan fingerprint density at radius 3 is 2.48 bits per heavy atom. The first-order valence-electron chi connectivity index (χ1n) is 9.59. The summed E-state index contributed by atoms with van der Waals surface area (Å²) < 4.78 is 16.2. The molecule has 7 heteroatoms. The van der Waals surface area contributed by atoms with Gasteiger partial charge in [-0.1, -0.05) is 24.0 Å². The maximum atomic E-state index is 12.7. The summed E-state index contributed by atoms with van der Waals surface area (Å²) in [5, 5.41) is 10.8. The molecule has 1 aromatic rings. The van der Waals surface area contributed by atoms with Gasteiger partial charge in [-0.2, -0.15) is 0 Å². The van der Waals surface area contributed by atoms with Crippen LogP contribution in [0.2, 0.25) is 0 Å². The summed E-state index contributed by atoms with van der Waals surface area (Å²) in [6.45, 7) is 3.83. The Bertz CT molecular complexity index is 877. The SMILES string of the molecule is CC(=O)OC1C[C@@H](OC(=O)c2ccccc2C#CC2CC2)OC(C)[C@]1(O)C(C)=O. The van der Waals surface area contributed by atoms with Gasteiger partial charge >= 0.3 is 11.9 Å². The van der Waals surface area contributed by atoms with Crippen LogP contribution >= 0.6 is 0 Å². The van der Waals surface area contributed by atoms with Gasteiger partial charge < -0.3 is 19.3 Å². The van der Waals surface area contributed by atoms with Gasteiger partial charge in [0.2, 0.25) is 6.29 Å². The largest absolute Gasteiger partial charge is 0.459 e. The number of rotatable bonds is 4. The van der Waals surface area contributed by atoms with E-state index in [0.29, 0.717) is 17.0 Å². The summed E-state index contributed by atoms with van der Waals surface area (Å²) in [5.41, 5.74) is -1.15. The third-order valence-electron chi connectivity index (χ3n) is 5.12. The van der Waals surface area contributed by atoms with E-state index in [0.717, 1.165) is 12.8 Å². The molecule has 4 atom stereocenters. The van der Waals surface area contributed by atoms with Crippen LogP contribution in [0.1, 0.15) is 56.0 Å². The van der Waals surface area contributed by atoms with E-state index < -0.39 is 41.8 Å². The van der Waals surface area contributed by atoms with E-state index in [-0.39, 0.29) is 6.42 Å². The van der Waals surface area contributed by atoms with Gasteiger partial charge in [0.15, 0.2) is 11.4 Å². The molecule has 0 amide bonds. The molecule has 2 unspecified atom stereocenters. The zero-order chi connectivity index (χ0) is 21.2. The Kier molecular flexibility index (Phi) is 6.06. The summed E-state index contributed by atoms with van der Waals surface area (Å²) in [5.74, 6) is 4.62. The maximum Gasteiger partial charge on any atom is 0.341 e. The second-order valence-corrected chi connectivity index (χ2v) is 7.42. The molecular weight excluding hydrogens is 376 g/mol. The lowest BCUT2D eigenvalue weighted by atomic mass is 9.83. The first-order chi connectivity index (χ1) is 13.7. The smallest absolute Gasteiger partial charge is 0.341 e. The van der Waals surface area contributed by atoms with Crippen LogP contribution < -0.4 is 0 Å². The number of esters is 2. The molecule has 7 nitrogen and oxygen atoms in total. The van der Waals surface area contributed by atoms with Gasteiger partial charge in [0.05, 0.1) is 18.1 Å². The summed E-state index contributed by atoms with van der Waals surface area (Å²) >= 11 is 0. The average molecular weight is 400 g/mol. The molecule has 1 saturated carbocycles. The molecule has 0 spiro atoms. The predicted octanol–water partition coefficient (Wildman–Crippen LogP) is 1.99. The number of carbonyl (C=O) groups is 3. The van der Waals surface area contributed by atoms with E-state index in [4.69, 9.17) is 14.2 Å². The molecule has 0 aromatic heterocycles. The molecule has 1 N–H and O–H groups in total. The third-order valence-corrected chi connectivity index (χ3v) is 5.12. The van der Waals surface area contributed by atoms with Crippen molar-refractivity contribution >= 4 is 17.7 Å². The van der Waals surface area contributed by atoms with E-state index in [2.05, 4.69) is 11.8 Å². The monoisotopic (exact) mass is 400 g/mol. The van der Waals surface area contributed by atoms with Crippen LogP contribution in [0.5, 0.6) is 0 Å². The van der Waals surface area contributed by atoms with Crippen molar-refractivity contribution in [3.63, 3.8) is 0 Å². The number of hydrogen-bond acceptors (Lipinski definition) is 7. The number of ketones is 1. The summed E-state index contributed by atoms with van der Waals surface area (Å²) in [7, 11) is 0. The van der Waals surface area contributed by atoms with E-state index >= 15 is 0 Å². The van der Waals surface area contributed by atoms with Crippen molar-refractivity contribution in [2.24, 2.45) is 5.92 Å². The number of ether oxygens (including phenoxy) is 3. The molecule has 3 rings (SSSR count). The lowest BCUT2D eigenvalue weighted by Gasteiger charge is -2.44. The van der Waals surface area contributed by atoms with E-state index in [1.54, 1.807) is 24.3 Å². The molecule has 1 heterocycles. The quantitative estimate of drug-likeness (QED) is 0.609. The molecule has 0 bridgehead atoms. The summed E-state index contributed by atoms with van der Waals surface area (Å²) in [6, 6.07) is 6.85. The molecule has 2 fully saturated rings. The van der Waals surface area contributed by atoms with Crippen molar-refractivity contribution in [2.45, 2.75) is 64.1 Å². The minimum atomic E-state index is -2.01. The van der Waals surface area contributed by atoms with Crippen LogP contribution in [0.3, 0.4) is 0 Å². The second-order valence-electron chi connectivity index (χ2n) is 7.42. The number of hydrogen-bond donors (Lipinski definition) is 1. The number of benzene rings is 1. The fourth-order valence-corrected chi connectivity index (χ4v) is 3.29. The standard InChI is InChI=1S/C22H24O7/c1-13(23)22(26)14(2)27-20(12-19(22)28-15(3)24)29-21(25)18-7-5-4-6-17(18)11-10-16-8-9-16/h4-7,14,16,19-20,26H,8-9,12H2,1-3H3/t14?,19?,20-,22-/m1/s1. The average Bonchev–Trinajstić information content (AvgIpc) is 3.48. The van der Waals surface area contributed by atoms with Crippen LogP contribution in [-0.4, -0.2) is 46.9 Å². The highest BCUT2D eigenvalue weighted by Gasteiger charge is 2.54. The highest BCUT2D eigenvalue weighted by Crippen LogP contribution is 2.33. The summed E-state index contributed by atoms with van der Waals surface area (Å²) in [6.07, 6.45) is -1.34. The lowest BCUT2D eigenvalue weighted by molar-refractivity contribution is -0.262. The first kappa shape index (κ1) is 21.0. The summed E-state index contributed by atoms with van der Waals surface area (Å²) in [4.78, 5) is 36.2. The van der Waals surface area contributed by atoms with Crippen molar-refractivity contribution < 1.29 is 33.7 Å². The van der Waals surface area contributed by atoms with Crippen molar-refractivity contribution in [3.8, 4) is 11.8 Å². The van der Waals surface area contributed by atoms with Gasteiger partial charge in [-0.3, -0.25) is 9.59 Å². The van der Waals surface area contributed by atoms with Crippen molar-refractivity contribution in [1.29, 1.82) is 0 Å². The third kappa shape index (κ3) is 4.66. The van der Waals surface area contributed by atoms with E-state index in [9.17, 15) is 19.5 Å². The van der Waals surface area contributed by atoms with Gasteiger partial charge in [-0.05, 0) is 38.8 Å². The number of aliphatic hydroxyl groups is 1. The highest BCUT2D eigenvalue weighted by atomic mass is 16.7. The molecule has 1 aromatic carbocycles. The maximum absolute atomic E-state index is 12.7. The van der Waals surface area contributed by atoms with Crippen molar-refractivity contribution in [3.05, 3.63) is 35.4 Å². The van der Waals surface area contributed by atoms with Gasteiger partial charge in [-0.15, -0.1) is 0 Å². The zero-order valence-corrected chi connectivity index (χ0v) is 16.6. The topological polar surface area (TPSA) is 99.1 Å². The Morgan fingerprint density at radius 2 is 1.86 bits per heavy atom.